The highest BCUT2D eigenvalue weighted by Crippen LogP contribution is 2.16. The predicted molar refractivity (Wildman–Crippen MR) is 71.8 cm³/mol. The minimum Gasteiger partial charge on any atom is -0.123 e. The van der Waals surface area contributed by atoms with E-state index in [-0.39, 0.29) is 0 Å². The lowest BCUT2D eigenvalue weighted by atomic mass is 10.1. The Hall–Kier alpha value is 0.290. The van der Waals surface area contributed by atoms with Gasteiger partial charge in [-0.3, -0.25) is 0 Å². The molecule has 0 aliphatic rings. The van der Waals surface area contributed by atoms with Crippen LogP contribution in [0.4, 0.5) is 0 Å². The Bertz CT molecular complexity index is 112. The van der Waals surface area contributed by atoms with Crippen LogP contribution in [0.3, 0.4) is 0 Å². The number of alkyl halides is 1. The van der Waals surface area contributed by atoms with Crippen molar-refractivity contribution in [2.75, 3.05) is 0 Å². The van der Waals surface area contributed by atoms with Gasteiger partial charge in [-0.05, 0) is 12.8 Å². The average Bonchev–Trinajstić information content (AvgIpc) is 2.25. The van der Waals surface area contributed by atoms with Crippen molar-refractivity contribution in [3.8, 4) is 0 Å². The molecule has 0 radical (unpaired) electrons. The molecule has 15 heavy (non-hydrogen) atoms. The van der Waals surface area contributed by atoms with Gasteiger partial charge in [-0.25, -0.2) is 0 Å². The molecule has 0 aliphatic heterocycles. The molecule has 1 heteroatoms. The highest BCUT2D eigenvalue weighted by Gasteiger charge is 2.02. The van der Waals surface area contributed by atoms with E-state index in [2.05, 4.69) is 13.8 Å². The minimum atomic E-state index is 0.445. The van der Waals surface area contributed by atoms with E-state index in [9.17, 15) is 0 Å². The van der Waals surface area contributed by atoms with Crippen LogP contribution in [0.5, 0.6) is 0 Å². The van der Waals surface area contributed by atoms with E-state index in [1.165, 1.54) is 70.6 Å². The Morgan fingerprint density at radius 1 is 0.667 bits per heavy atom. The molecule has 0 amide bonds. The summed E-state index contributed by atoms with van der Waals surface area (Å²) in [5, 5.41) is 0.445. The molecule has 0 saturated heterocycles. The van der Waals surface area contributed by atoms with Gasteiger partial charge in [0.25, 0.3) is 0 Å². The fourth-order valence-electron chi connectivity index (χ4n) is 1.89. The zero-order valence-electron chi connectivity index (χ0n) is 10.7. The Labute approximate surface area is 102 Å². The number of hydrogen-bond acceptors (Lipinski definition) is 0. The maximum Gasteiger partial charge on any atom is 0.0336 e. The van der Waals surface area contributed by atoms with Crippen molar-refractivity contribution in [2.45, 2.75) is 89.9 Å². The molecule has 92 valence electrons. The molecule has 0 aromatic heterocycles. The van der Waals surface area contributed by atoms with E-state index in [0.717, 1.165) is 0 Å². The molecule has 0 nitrogen and oxygen atoms in total. The Morgan fingerprint density at radius 3 is 1.73 bits per heavy atom. The van der Waals surface area contributed by atoms with Crippen LogP contribution in [-0.2, 0) is 0 Å². The summed E-state index contributed by atoms with van der Waals surface area (Å²) < 4.78 is 0. The van der Waals surface area contributed by atoms with Crippen LogP contribution in [0.2, 0.25) is 0 Å². The summed E-state index contributed by atoms with van der Waals surface area (Å²) in [5.74, 6) is 0. The molecular formula is C14H29Cl. The highest BCUT2D eigenvalue weighted by molar-refractivity contribution is 6.20. The first-order valence-electron chi connectivity index (χ1n) is 6.95. The summed E-state index contributed by atoms with van der Waals surface area (Å²) >= 11 is 6.22. The number of halogens is 1. The predicted octanol–water partition coefficient (Wildman–Crippen LogP) is 5.92. The Morgan fingerprint density at radius 2 is 1.13 bits per heavy atom. The second kappa shape index (κ2) is 12.4. The summed E-state index contributed by atoms with van der Waals surface area (Å²) in [6, 6.07) is 0. The quantitative estimate of drug-likeness (QED) is 0.306. The molecule has 0 spiro atoms. The molecule has 0 aliphatic carbocycles. The van der Waals surface area contributed by atoms with E-state index >= 15 is 0 Å². The molecule has 0 aromatic rings. The molecule has 0 heterocycles. The standard InChI is InChI=1S/C14H29Cl/c1-3-5-7-8-9-10-11-13-14(15)12-6-4-2/h14H,3-13H2,1-2H3. The third-order valence-corrected chi connectivity index (χ3v) is 3.43. The zero-order chi connectivity index (χ0) is 11.4. The highest BCUT2D eigenvalue weighted by atomic mass is 35.5. The second-order valence-electron chi connectivity index (χ2n) is 4.65. The lowest BCUT2D eigenvalue weighted by molar-refractivity contribution is 0.551. The van der Waals surface area contributed by atoms with Gasteiger partial charge in [-0.15, -0.1) is 11.6 Å². The average molecular weight is 233 g/mol. The first kappa shape index (κ1) is 15.3. The third-order valence-electron chi connectivity index (χ3n) is 2.99. The van der Waals surface area contributed by atoms with Crippen LogP contribution in [0.1, 0.15) is 84.5 Å². The lowest BCUT2D eigenvalue weighted by Crippen LogP contribution is -1.97. The SMILES string of the molecule is CCCCCCCCCC(Cl)CCCC. The van der Waals surface area contributed by atoms with Crippen LogP contribution in [0, 0.1) is 0 Å². The summed E-state index contributed by atoms with van der Waals surface area (Å²) in [5.41, 5.74) is 0. The lowest BCUT2D eigenvalue weighted by Gasteiger charge is -2.07. The smallest absolute Gasteiger partial charge is 0.0336 e. The van der Waals surface area contributed by atoms with Gasteiger partial charge in [0.05, 0.1) is 0 Å². The molecular weight excluding hydrogens is 204 g/mol. The van der Waals surface area contributed by atoms with Crippen LogP contribution in [0.15, 0.2) is 0 Å². The van der Waals surface area contributed by atoms with Crippen molar-refractivity contribution in [3.63, 3.8) is 0 Å². The van der Waals surface area contributed by atoms with Gasteiger partial charge in [0.2, 0.25) is 0 Å². The van der Waals surface area contributed by atoms with E-state index in [4.69, 9.17) is 11.6 Å². The molecule has 0 aromatic carbocycles. The summed E-state index contributed by atoms with van der Waals surface area (Å²) in [7, 11) is 0. The number of rotatable bonds is 11. The Kier molecular flexibility index (Phi) is 12.6. The van der Waals surface area contributed by atoms with Crippen molar-refractivity contribution in [1.82, 2.24) is 0 Å². The second-order valence-corrected chi connectivity index (χ2v) is 5.27. The number of unbranched alkanes of at least 4 members (excludes halogenated alkanes) is 7. The fraction of sp³-hybridized carbons (Fsp3) is 1.00. The molecule has 1 unspecified atom stereocenters. The maximum atomic E-state index is 6.22. The van der Waals surface area contributed by atoms with Gasteiger partial charge in [0.15, 0.2) is 0 Å². The van der Waals surface area contributed by atoms with E-state index < -0.39 is 0 Å². The topological polar surface area (TPSA) is 0 Å². The van der Waals surface area contributed by atoms with Gasteiger partial charge >= 0.3 is 0 Å². The fourth-order valence-corrected chi connectivity index (χ4v) is 2.20. The van der Waals surface area contributed by atoms with Crippen LogP contribution in [0.25, 0.3) is 0 Å². The first-order valence-corrected chi connectivity index (χ1v) is 7.39. The third kappa shape index (κ3) is 12.2. The van der Waals surface area contributed by atoms with E-state index in [0.29, 0.717) is 5.38 Å². The van der Waals surface area contributed by atoms with E-state index in [1.807, 2.05) is 0 Å². The monoisotopic (exact) mass is 232 g/mol. The molecule has 0 bridgehead atoms. The minimum absolute atomic E-state index is 0.445. The van der Waals surface area contributed by atoms with Crippen molar-refractivity contribution in [1.29, 1.82) is 0 Å². The van der Waals surface area contributed by atoms with Crippen molar-refractivity contribution in [2.24, 2.45) is 0 Å². The van der Waals surface area contributed by atoms with Gasteiger partial charge < -0.3 is 0 Å². The summed E-state index contributed by atoms with van der Waals surface area (Å²) in [4.78, 5) is 0. The van der Waals surface area contributed by atoms with Gasteiger partial charge in [0, 0.05) is 5.38 Å². The van der Waals surface area contributed by atoms with E-state index in [1.54, 1.807) is 0 Å². The summed E-state index contributed by atoms with van der Waals surface area (Å²) in [6.45, 7) is 4.50. The van der Waals surface area contributed by atoms with Gasteiger partial charge in [-0.2, -0.15) is 0 Å². The van der Waals surface area contributed by atoms with Crippen LogP contribution < -0.4 is 0 Å². The molecule has 0 saturated carbocycles. The van der Waals surface area contributed by atoms with Crippen molar-refractivity contribution < 1.29 is 0 Å². The zero-order valence-corrected chi connectivity index (χ0v) is 11.5. The number of hydrogen-bond donors (Lipinski definition) is 0. The van der Waals surface area contributed by atoms with Gasteiger partial charge in [-0.1, -0.05) is 71.6 Å². The maximum absolute atomic E-state index is 6.22. The first-order chi connectivity index (χ1) is 7.31. The van der Waals surface area contributed by atoms with Crippen molar-refractivity contribution >= 4 is 11.6 Å². The van der Waals surface area contributed by atoms with Crippen LogP contribution >= 0.6 is 11.6 Å². The van der Waals surface area contributed by atoms with Crippen LogP contribution in [-0.4, -0.2) is 5.38 Å². The molecule has 0 rings (SSSR count). The Balaban J connectivity index is 3.02. The molecule has 1 atom stereocenters. The summed E-state index contributed by atoms with van der Waals surface area (Å²) in [6.07, 6.45) is 14.8. The van der Waals surface area contributed by atoms with Crippen molar-refractivity contribution in [3.05, 3.63) is 0 Å². The molecule has 0 fully saturated rings. The van der Waals surface area contributed by atoms with Gasteiger partial charge in [0.1, 0.15) is 0 Å². The largest absolute Gasteiger partial charge is 0.123 e. The normalized spacial score (nSPS) is 13.0. The molecule has 0 N–H and O–H groups in total.